The number of imide groups is 1. The smallest absolute Gasteiger partial charge is 0.444 e. The number of aromatic nitrogens is 3. The largest absolute Gasteiger partial charge is 0.460 e. The molecule has 0 radical (unpaired) electrons. The van der Waals surface area contributed by atoms with Crippen molar-refractivity contribution < 1.29 is 49.9 Å². The van der Waals surface area contributed by atoms with Gasteiger partial charge in [-0.2, -0.15) is 35.8 Å². The summed E-state index contributed by atoms with van der Waals surface area (Å²) in [5.41, 5.74) is 6.31. The molecule has 0 unspecified atom stereocenters. The van der Waals surface area contributed by atoms with Gasteiger partial charge in [-0.1, -0.05) is 28.1 Å². The first-order chi connectivity index (χ1) is 23.6. The minimum Gasteiger partial charge on any atom is -0.444 e. The lowest BCUT2D eigenvalue weighted by molar-refractivity contribution is -0.361. The zero-order valence-corrected chi connectivity index (χ0v) is 29.3. The first kappa shape index (κ1) is 39.7. The molecule has 3 amide bonds. The molecule has 1 aliphatic rings. The molecule has 1 fully saturated rings. The maximum Gasteiger partial charge on any atom is 0.460 e. The van der Waals surface area contributed by atoms with Crippen LogP contribution in [0, 0.1) is 11.8 Å². The number of benzene rings is 2. The number of hydrogen-bond donors (Lipinski definition) is 3. The van der Waals surface area contributed by atoms with E-state index < -0.39 is 65.1 Å². The molecule has 51 heavy (non-hydrogen) atoms. The summed E-state index contributed by atoms with van der Waals surface area (Å²) < 4.78 is 99.5. The summed E-state index contributed by atoms with van der Waals surface area (Å²) in [5.74, 6) is -16.7. The summed E-state index contributed by atoms with van der Waals surface area (Å²) in [6.45, 7) is 5.56. The van der Waals surface area contributed by atoms with Crippen LogP contribution in [0.5, 0.6) is 0 Å². The molecule has 3 aromatic rings. The Balaban J connectivity index is 1.54. The van der Waals surface area contributed by atoms with E-state index in [2.05, 4.69) is 31.3 Å². The van der Waals surface area contributed by atoms with E-state index in [0.29, 0.717) is 37.8 Å². The number of anilines is 1. The molecular weight excluding hydrogens is 757 g/mol. The number of H-pyrrole nitrogens is 1. The van der Waals surface area contributed by atoms with Gasteiger partial charge in [-0.25, -0.2) is 14.7 Å². The lowest BCUT2D eigenvalue weighted by Crippen LogP contribution is -2.50. The third-order valence-corrected chi connectivity index (χ3v) is 8.70. The fourth-order valence-corrected chi connectivity index (χ4v) is 5.71. The second-order valence-electron chi connectivity index (χ2n) is 13.3. The minimum absolute atomic E-state index is 0.0402. The number of aromatic amines is 1. The molecule has 0 bridgehead atoms. The average molecular weight is 794 g/mol. The van der Waals surface area contributed by atoms with E-state index in [4.69, 9.17) is 10.5 Å². The summed E-state index contributed by atoms with van der Waals surface area (Å²) in [6, 6.07) is 10.8. The average Bonchev–Trinajstić information content (AvgIpc) is 3.55. The minimum atomic E-state index is -6.57. The maximum absolute atomic E-state index is 14.2. The van der Waals surface area contributed by atoms with E-state index in [9.17, 15) is 45.1 Å². The van der Waals surface area contributed by atoms with Gasteiger partial charge < -0.3 is 15.8 Å². The third-order valence-electron chi connectivity index (χ3n) is 8.17. The molecule has 1 atom stereocenters. The van der Waals surface area contributed by atoms with Crippen molar-refractivity contribution in [1.29, 1.82) is 0 Å². The topological polar surface area (TPSA) is 143 Å². The third kappa shape index (κ3) is 9.44. The normalized spacial score (nSPS) is 17.8. The van der Waals surface area contributed by atoms with Gasteiger partial charge in [-0.05, 0) is 101 Å². The molecule has 18 heteroatoms. The van der Waals surface area contributed by atoms with E-state index in [1.807, 2.05) is 0 Å². The highest BCUT2D eigenvalue weighted by Crippen LogP contribution is 2.51. The molecule has 1 heterocycles. The van der Waals surface area contributed by atoms with Crippen LogP contribution < -0.4 is 16.0 Å². The van der Waals surface area contributed by atoms with Crippen LogP contribution in [0.25, 0.3) is 11.4 Å². The first-order valence-electron chi connectivity index (χ1n) is 15.8. The molecule has 10 nitrogen and oxygen atoms in total. The van der Waals surface area contributed by atoms with Gasteiger partial charge in [0.25, 0.3) is 5.91 Å². The van der Waals surface area contributed by atoms with Gasteiger partial charge in [-0.15, -0.1) is 0 Å². The van der Waals surface area contributed by atoms with E-state index in [1.165, 1.54) is 29.4 Å². The number of carbonyl (C=O) groups excluding carboxylic acids is 3. The molecule has 0 saturated heterocycles. The molecular formula is C33H36BrF7N6O4. The van der Waals surface area contributed by atoms with Crippen molar-refractivity contribution in [2.24, 2.45) is 17.6 Å². The molecule has 1 saturated carbocycles. The number of hydrogen-bond acceptors (Lipinski definition) is 7. The number of ether oxygens (including phenoxy) is 1. The molecule has 4 rings (SSSR count). The van der Waals surface area contributed by atoms with Gasteiger partial charge in [0, 0.05) is 22.5 Å². The van der Waals surface area contributed by atoms with Crippen LogP contribution in [0.15, 0.2) is 53.0 Å². The zero-order valence-electron chi connectivity index (χ0n) is 27.7. The molecule has 1 aromatic heterocycles. The second kappa shape index (κ2) is 15.3. The van der Waals surface area contributed by atoms with Gasteiger partial charge in [0.15, 0.2) is 5.82 Å². The highest BCUT2D eigenvalue weighted by Gasteiger charge is 2.75. The summed E-state index contributed by atoms with van der Waals surface area (Å²) in [7, 11) is 0. The summed E-state index contributed by atoms with van der Waals surface area (Å²) >= 11 is 3.34. The van der Waals surface area contributed by atoms with Crippen LogP contribution in [0.1, 0.15) is 57.8 Å². The van der Waals surface area contributed by atoms with Crippen molar-refractivity contribution in [3.05, 3.63) is 64.4 Å². The van der Waals surface area contributed by atoms with Crippen molar-refractivity contribution in [2.75, 3.05) is 11.4 Å². The highest BCUT2D eigenvalue weighted by molar-refractivity contribution is 9.10. The monoisotopic (exact) mass is 792 g/mol. The number of nitrogens with two attached hydrogens (primary N) is 1. The lowest BCUT2D eigenvalue weighted by Gasteiger charge is -2.32. The molecule has 278 valence electrons. The SMILES string of the molecule is CC(C)(C)OC(=O)NCC1CCC(C(=O)N(C(=O)[C@@H](N)Cc2ccc(Br)cc2)c2ccc(-c3n[nH]c(C(F)(F)C(F)(F)C(F)(F)F)n3)cc2)CC1. The molecule has 0 spiro atoms. The van der Waals surface area contributed by atoms with Crippen molar-refractivity contribution in [3.63, 3.8) is 0 Å². The highest BCUT2D eigenvalue weighted by atomic mass is 79.9. The second-order valence-corrected chi connectivity index (χ2v) is 14.2. The quantitative estimate of drug-likeness (QED) is 0.183. The first-order valence-corrected chi connectivity index (χ1v) is 16.6. The van der Waals surface area contributed by atoms with Crippen molar-refractivity contribution in [2.45, 2.75) is 82.5 Å². The fraction of sp³-hybridized carbons (Fsp3) is 0.485. The van der Waals surface area contributed by atoms with Crippen LogP contribution in [0.3, 0.4) is 0 Å². The molecule has 1 aliphatic carbocycles. The van der Waals surface area contributed by atoms with E-state index >= 15 is 0 Å². The molecule has 4 N–H and O–H groups in total. The van der Waals surface area contributed by atoms with Crippen LogP contribution in [0.2, 0.25) is 0 Å². The number of nitrogens with one attached hydrogen (secondary N) is 2. The predicted octanol–water partition coefficient (Wildman–Crippen LogP) is 7.28. The lowest BCUT2D eigenvalue weighted by atomic mass is 9.81. The summed E-state index contributed by atoms with van der Waals surface area (Å²) in [6.07, 6.45) is -5.15. The molecule has 0 aliphatic heterocycles. The van der Waals surface area contributed by atoms with E-state index in [0.717, 1.165) is 9.37 Å². The van der Waals surface area contributed by atoms with Crippen LogP contribution in [0.4, 0.5) is 41.2 Å². The van der Waals surface area contributed by atoms with Crippen molar-refractivity contribution in [1.82, 2.24) is 20.5 Å². The summed E-state index contributed by atoms with van der Waals surface area (Å²) in [4.78, 5) is 44.0. The van der Waals surface area contributed by atoms with Crippen molar-refractivity contribution in [3.8, 4) is 11.4 Å². The standard InChI is InChI=1S/C33H36BrF7N6O4/c1-30(2,3)51-29(50)43-17-19-4-8-21(9-5-19)26(48)47(27(49)24(42)16-18-6-12-22(34)13-7-18)23-14-10-20(11-15-23)25-44-28(46-45-25)31(35,36)32(37,38)33(39,40)41/h6-7,10-15,19,21,24H,4-5,8-9,16-17,42H2,1-3H3,(H,43,50)(H,44,45,46)/t19?,21?,24-/m0/s1. The number of alkyl halides is 7. The maximum atomic E-state index is 14.2. The Labute approximate surface area is 296 Å². The van der Waals surface area contributed by atoms with Gasteiger partial charge in [-0.3, -0.25) is 14.7 Å². The van der Waals surface area contributed by atoms with E-state index in [1.54, 1.807) is 45.0 Å². The van der Waals surface area contributed by atoms with Crippen LogP contribution >= 0.6 is 15.9 Å². The van der Waals surface area contributed by atoms with Gasteiger partial charge in [0.05, 0.1) is 11.7 Å². The Bertz CT molecular complexity index is 1690. The Hall–Kier alpha value is -4.06. The Morgan fingerprint density at radius 2 is 1.55 bits per heavy atom. The predicted molar refractivity (Wildman–Crippen MR) is 175 cm³/mol. The number of nitrogens with zero attached hydrogens (tertiary/aromatic N) is 3. The Morgan fingerprint density at radius 3 is 2.10 bits per heavy atom. The fourth-order valence-electron chi connectivity index (χ4n) is 5.45. The van der Waals surface area contributed by atoms with Crippen LogP contribution in [-0.4, -0.2) is 63.4 Å². The van der Waals surface area contributed by atoms with Crippen molar-refractivity contribution >= 4 is 39.5 Å². The number of halogens is 8. The number of alkyl carbamates (subject to hydrolysis) is 1. The number of carbonyl (C=O) groups is 3. The molecule has 2 aromatic carbocycles. The Morgan fingerprint density at radius 1 is 0.961 bits per heavy atom. The van der Waals surface area contributed by atoms with Gasteiger partial charge in [0.2, 0.25) is 11.7 Å². The van der Waals surface area contributed by atoms with E-state index in [-0.39, 0.29) is 23.6 Å². The van der Waals surface area contributed by atoms with Gasteiger partial charge in [0.1, 0.15) is 5.60 Å². The number of rotatable bonds is 10. The zero-order chi connectivity index (χ0) is 37.9. The number of amides is 3. The van der Waals surface area contributed by atoms with Gasteiger partial charge >= 0.3 is 24.1 Å². The summed E-state index contributed by atoms with van der Waals surface area (Å²) in [5, 5.41) is 7.56. The van der Waals surface area contributed by atoms with Crippen LogP contribution in [-0.2, 0) is 26.7 Å². The Kier molecular flexibility index (Phi) is 11.9.